The number of hydrogen-bond acceptors (Lipinski definition) is 6. The van der Waals surface area contributed by atoms with Gasteiger partial charge in [-0.3, -0.25) is 10.1 Å². The van der Waals surface area contributed by atoms with Crippen molar-refractivity contribution in [1.82, 2.24) is 14.7 Å². The highest BCUT2D eigenvalue weighted by atomic mass is 32.2. The number of non-ortho nitro benzene ring substituents is 1. The van der Waals surface area contributed by atoms with E-state index in [0.29, 0.717) is 5.82 Å². The first kappa shape index (κ1) is 14.0. The van der Waals surface area contributed by atoms with Crippen molar-refractivity contribution in [2.24, 2.45) is 0 Å². The number of nitrogens with zero attached hydrogens (tertiary/aromatic N) is 2. The van der Waals surface area contributed by atoms with Crippen molar-refractivity contribution in [2.45, 2.75) is 11.4 Å². The Hall–Kier alpha value is -2.46. The molecule has 1 aromatic carbocycles. The molecule has 9 nitrogen and oxygen atoms in total. The summed E-state index contributed by atoms with van der Waals surface area (Å²) in [7, 11) is -3.96. The second-order valence-electron chi connectivity index (χ2n) is 3.84. The van der Waals surface area contributed by atoms with Crippen LogP contribution in [0, 0.1) is 10.1 Å². The first-order valence-electron chi connectivity index (χ1n) is 5.42. The van der Waals surface area contributed by atoms with E-state index in [1.807, 2.05) is 0 Å². The molecule has 0 aliphatic heterocycles. The molecule has 1 heterocycles. The molecule has 0 radical (unpaired) electrons. The van der Waals surface area contributed by atoms with E-state index >= 15 is 0 Å². The number of nitro groups is 1. The Morgan fingerprint density at radius 3 is 2.80 bits per heavy atom. The highest BCUT2D eigenvalue weighted by molar-refractivity contribution is 7.89. The molecule has 0 bridgehead atoms. The maximum atomic E-state index is 12.1. The smallest absolute Gasteiger partial charge is 0.270 e. The fraction of sp³-hybridized carbons (Fsp3) is 0.100. The van der Waals surface area contributed by atoms with Crippen molar-refractivity contribution in [3.05, 3.63) is 46.5 Å². The van der Waals surface area contributed by atoms with Gasteiger partial charge in [0.1, 0.15) is 10.7 Å². The maximum absolute atomic E-state index is 12.1. The zero-order valence-corrected chi connectivity index (χ0v) is 10.9. The van der Waals surface area contributed by atoms with Crippen LogP contribution in [-0.2, 0) is 16.6 Å². The number of imidazole rings is 1. The van der Waals surface area contributed by atoms with E-state index in [4.69, 9.17) is 5.73 Å². The van der Waals surface area contributed by atoms with Gasteiger partial charge in [-0.25, -0.2) is 18.1 Å². The summed E-state index contributed by atoms with van der Waals surface area (Å²) in [6, 6.07) is 3.24. The molecule has 0 aliphatic rings. The Balaban J connectivity index is 2.28. The van der Waals surface area contributed by atoms with Crippen LogP contribution in [0.4, 0.5) is 11.4 Å². The number of nitro benzene ring substituents is 1. The van der Waals surface area contributed by atoms with Crippen molar-refractivity contribution >= 4 is 21.4 Å². The fourth-order valence-electron chi connectivity index (χ4n) is 1.51. The lowest BCUT2D eigenvalue weighted by atomic mass is 10.3. The highest BCUT2D eigenvalue weighted by Gasteiger charge is 2.21. The molecule has 0 unspecified atom stereocenters. The molecule has 10 heteroatoms. The van der Waals surface area contributed by atoms with E-state index in [2.05, 4.69) is 14.7 Å². The molecule has 20 heavy (non-hydrogen) atoms. The molecule has 1 aromatic heterocycles. The number of nitrogen functional groups attached to an aromatic ring is 1. The van der Waals surface area contributed by atoms with E-state index in [1.165, 1.54) is 12.3 Å². The van der Waals surface area contributed by atoms with E-state index in [1.54, 1.807) is 6.20 Å². The largest absolute Gasteiger partial charge is 0.398 e. The van der Waals surface area contributed by atoms with Gasteiger partial charge in [-0.05, 0) is 6.07 Å². The molecule has 0 saturated heterocycles. The number of nitrogens with one attached hydrogen (secondary N) is 2. The normalized spacial score (nSPS) is 11.4. The fourth-order valence-corrected chi connectivity index (χ4v) is 2.64. The number of anilines is 1. The number of benzene rings is 1. The van der Waals surface area contributed by atoms with E-state index in [9.17, 15) is 18.5 Å². The Labute approximate surface area is 114 Å². The zero-order valence-electron chi connectivity index (χ0n) is 10.1. The SMILES string of the molecule is Nc1ccc([N+](=O)[O-])cc1S(=O)(=O)NCc1ncc[nH]1. The molecule has 0 spiro atoms. The van der Waals surface area contributed by atoms with Gasteiger partial charge in [0.05, 0.1) is 17.2 Å². The summed E-state index contributed by atoms with van der Waals surface area (Å²) in [5.41, 5.74) is 5.14. The third-order valence-corrected chi connectivity index (χ3v) is 3.94. The predicted molar refractivity (Wildman–Crippen MR) is 70.1 cm³/mol. The Kier molecular flexibility index (Phi) is 3.68. The zero-order chi connectivity index (χ0) is 14.8. The van der Waals surface area contributed by atoms with Crippen LogP contribution in [0.3, 0.4) is 0 Å². The number of hydrogen-bond donors (Lipinski definition) is 3. The minimum Gasteiger partial charge on any atom is -0.398 e. The number of aromatic nitrogens is 2. The maximum Gasteiger partial charge on any atom is 0.270 e. The highest BCUT2D eigenvalue weighted by Crippen LogP contribution is 2.23. The Morgan fingerprint density at radius 2 is 2.20 bits per heavy atom. The minimum atomic E-state index is -3.96. The van der Waals surface area contributed by atoms with Crippen molar-refractivity contribution < 1.29 is 13.3 Å². The number of nitrogens with two attached hydrogens (primary N) is 1. The number of H-pyrrole nitrogens is 1. The van der Waals surface area contributed by atoms with Gasteiger partial charge in [0.2, 0.25) is 10.0 Å². The summed E-state index contributed by atoms with van der Waals surface area (Å²) in [5, 5.41) is 10.7. The molecule has 0 fully saturated rings. The molecule has 2 aromatic rings. The summed E-state index contributed by atoms with van der Waals surface area (Å²) < 4.78 is 26.4. The quantitative estimate of drug-likeness (QED) is 0.413. The summed E-state index contributed by atoms with van der Waals surface area (Å²) in [5.74, 6) is 0.414. The van der Waals surface area contributed by atoms with Gasteiger partial charge in [-0.1, -0.05) is 0 Å². The second-order valence-corrected chi connectivity index (χ2v) is 5.58. The average molecular weight is 297 g/mol. The van der Waals surface area contributed by atoms with Crippen molar-refractivity contribution in [3.8, 4) is 0 Å². The number of rotatable bonds is 5. The average Bonchev–Trinajstić information content (AvgIpc) is 2.89. The standard InChI is InChI=1S/C10H11N5O4S/c11-8-2-1-7(15(16)17)5-9(8)20(18,19)14-6-10-12-3-4-13-10/h1-5,14H,6,11H2,(H,12,13). The first-order chi connectivity index (χ1) is 9.40. The molecule has 0 atom stereocenters. The van der Waals surface area contributed by atoms with Crippen LogP contribution >= 0.6 is 0 Å². The summed E-state index contributed by atoms with van der Waals surface area (Å²) >= 11 is 0. The lowest BCUT2D eigenvalue weighted by molar-refractivity contribution is -0.385. The van der Waals surface area contributed by atoms with Gasteiger partial charge in [0.25, 0.3) is 5.69 Å². The molecular formula is C10H11N5O4S. The first-order valence-corrected chi connectivity index (χ1v) is 6.90. The Morgan fingerprint density at radius 1 is 1.45 bits per heavy atom. The van der Waals surface area contributed by atoms with Gasteiger partial charge < -0.3 is 10.7 Å². The van der Waals surface area contributed by atoms with Gasteiger partial charge >= 0.3 is 0 Å². The van der Waals surface area contributed by atoms with Crippen LogP contribution in [0.5, 0.6) is 0 Å². The summed E-state index contributed by atoms with van der Waals surface area (Å²) in [6.45, 7) is -0.0720. The topological polar surface area (TPSA) is 144 Å². The van der Waals surface area contributed by atoms with E-state index < -0.39 is 14.9 Å². The van der Waals surface area contributed by atoms with Crippen LogP contribution in [-0.4, -0.2) is 23.3 Å². The van der Waals surface area contributed by atoms with Crippen LogP contribution in [0.15, 0.2) is 35.5 Å². The predicted octanol–water partition coefficient (Wildman–Crippen LogP) is 0.379. The van der Waals surface area contributed by atoms with Crippen LogP contribution in [0.25, 0.3) is 0 Å². The minimum absolute atomic E-state index is 0.0671. The Bertz CT molecular complexity index is 726. The van der Waals surface area contributed by atoms with Crippen LogP contribution in [0.2, 0.25) is 0 Å². The summed E-state index contributed by atoms with van der Waals surface area (Å²) in [4.78, 5) is 16.2. The molecule has 106 valence electrons. The van der Waals surface area contributed by atoms with Gasteiger partial charge in [0.15, 0.2) is 0 Å². The number of sulfonamides is 1. The van der Waals surface area contributed by atoms with Crippen molar-refractivity contribution in [2.75, 3.05) is 5.73 Å². The third-order valence-electron chi connectivity index (χ3n) is 2.48. The molecule has 0 aliphatic carbocycles. The lowest BCUT2D eigenvalue weighted by Gasteiger charge is -2.07. The van der Waals surface area contributed by atoms with Crippen molar-refractivity contribution in [3.63, 3.8) is 0 Å². The van der Waals surface area contributed by atoms with Gasteiger partial charge in [-0.2, -0.15) is 0 Å². The second kappa shape index (κ2) is 5.27. The molecule has 4 N–H and O–H groups in total. The number of aromatic amines is 1. The monoisotopic (exact) mass is 297 g/mol. The van der Waals surface area contributed by atoms with Crippen molar-refractivity contribution in [1.29, 1.82) is 0 Å². The van der Waals surface area contributed by atoms with E-state index in [0.717, 1.165) is 12.1 Å². The van der Waals surface area contributed by atoms with Crippen LogP contribution < -0.4 is 10.5 Å². The van der Waals surface area contributed by atoms with Gasteiger partial charge in [0, 0.05) is 24.5 Å². The molecular weight excluding hydrogens is 286 g/mol. The lowest BCUT2D eigenvalue weighted by Crippen LogP contribution is -2.24. The van der Waals surface area contributed by atoms with Crippen LogP contribution in [0.1, 0.15) is 5.82 Å². The molecule has 2 rings (SSSR count). The van der Waals surface area contributed by atoms with E-state index in [-0.39, 0.29) is 22.8 Å². The third kappa shape index (κ3) is 2.92. The van der Waals surface area contributed by atoms with Gasteiger partial charge in [-0.15, -0.1) is 0 Å². The molecule has 0 amide bonds. The summed E-state index contributed by atoms with van der Waals surface area (Å²) in [6.07, 6.45) is 3.02. The molecule has 0 saturated carbocycles.